The molecule has 0 fully saturated rings. The summed E-state index contributed by atoms with van der Waals surface area (Å²) in [7, 11) is 0. The minimum atomic E-state index is -2.40. The Hall–Kier alpha value is -4.90. The van der Waals surface area contributed by atoms with Gasteiger partial charge in [-0.05, 0) is 84.5 Å². The van der Waals surface area contributed by atoms with Gasteiger partial charge in [-0.1, -0.05) is 94.5 Å². The maximum atomic E-state index is 8.28. The van der Waals surface area contributed by atoms with E-state index in [2.05, 4.69) is 78.6 Å². The van der Waals surface area contributed by atoms with Crippen molar-refractivity contribution in [1.29, 1.82) is 0 Å². The summed E-state index contributed by atoms with van der Waals surface area (Å²) in [4.78, 5) is 13.6. The predicted molar refractivity (Wildman–Crippen MR) is 215 cm³/mol. The van der Waals surface area contributed by atoms with Gasteiger partial charge in [-0.2, -0.15) is 0 Å². The first-order chi connectivity index (χ1) is 28.3. The Morgan fingerprint density at radius 2 is 1.57 bits per heavy atom. The van der Waals surface area contributed by atoms with Crippen LogP contribution in [0.25, 0.3) is 61.4 Å². The molecule has 0 saturated heterocycles. The molecular weight excluding hydrogens is 829 g/mol. The first kappa shape index (κ1) is 28.6. The van der Waals surface area contributed by atoms with Crippen LogP contribution in [0.3, 0.4) is 0 Å². The number of aromatic nitrogens is 4. The number of fused-ring (bicyclic) bond motifs is 4. The molecule has 4 heterocycles. The van der Waals surface area contributed by atoms with E-state index >= 15 is 0 Å². The Bertz CT molecular complexity index is 2800. The van der Waals surface area contributed by atoms with Gasteiger partial charge in [0.1, 0.15) is 0 Å². The van der Waals surface area contributed by atoms with Gasteiger partial charge in [-0.25, -0.2) is 4.98 Å². The van der Waals surface area contributed by atoms with E-state index in [0.717, 1.165) is 33.3 Å². The van der Waals surface area contributed by atoms with Gasteiger partial charge in [0.2, 0.25) is 5.71 Å². The number of pyridine rings is 2. The molecule has 0 unspecified atom stereocenters. The fraction of sp³-hybridized carbons (Fsp3) is 0.255. The summed E-state index contributed by atoms with van der Waals surface area (Å²) < 4.78 is 71.2. The molecule has 0 aliphatic carbocycles. The molecule has 0 saturated carbocycles. The molecule has 0 spiro atoms. The van der Waals surface area contributed by atoms with E-state index in [4.69, 9.17) is 20.4 Å². The van der Waals surface area contributed by atoms with Gasteiger partial charge in [-0.3, -0.25) is 4.98 Å². The Balaban J connectivity index is 0.000000232. The molecule has 4 aromatic heterocycles. The van der Waals surface area contributed by atoms with E-state index in [-0.39, 0.29) is 42.8 Å². The van der Waals surface area contributed by atoms with Crippen molar-refractivity contribution >= 4 is 33.1 Å². The Morgan fingerprint density at radius 3 is 2.26 bits per heavy atom. The second kappa shape index (κ2) is 16.0. The maximum Gasteiger partial charge on any atom is 0.216 e. The molecule has 6 heteroatoms. The molecule has 0 bridgehead atoms. The third-order valence-electron chi connectivity index (χ3n) is 8.98. The number of benzene rings is 4. The number of imidazole rings is 1. The van der Waals surface area contributed by atoms with Crippen LogP contribution in [0.4, 0.5) is 0 Å². The van der Waals surface area contributed by atoms with Crippen LogP contribution in [-0.4, -0.2) is 19.5 Å². The maximum absolute atomic E-state index is 8.28. The molecule has 8 rings (SSSR count). The van der Waals surface area contributed by atoms with E-state index in [0.29, 0.717) is 40.0 Å². The number of para-hydroxylation sites is 3. The van der Waals surface area contributed by atoms with Crippen LogP contribution in [0.1, 0.15) is 92.3 Å². The minimum Gasteiger partial charge on any atom is -0.486 e. The summed E-state index contributed by atoms with van der Waals surface area (Å²) in [6, 6.07) is 36.9. The average Bonchev–Trinajstić information content (AvgIpc) is 3.78. The molecule has 4 aromatic carbocycles. The molecule has 0 aliphatic heterocycles. The Labute approximate surface area is 338 Å². The van der Waals surface area contributed by atoms with Gasteiger partial charge < -0.3 is 14.0 Å². The standard InChI is InChI=1S/C31H28N3O.C16H18N.Ir/c1-18(2)21-10-8-11-22(19(3)4)28(21)34-27-15-7-6-14-26(27)33-30(34)25-13-9-12-23-24-17-16-20(5)32-31(24)35-29(23)25;1-12(2)9-15-10-16(17-11-13(15)3)14-7-5-4-6-8-14;/h6-12,14-19H,1-5H3;4-7,10-12H,9H2,1-3H3;/q2*-1;/i5D3;3D3,9D2;. The largest absolute Gasteiger partial charge is 0.486 e. The van der Waals surface area contributed by atoms with Crippen molar-refractivity contribution in [2.75, 3.05) is 0 Å². The number of hydrogen-bond acceptors (Lipinski definition) is 4. The summed E-state index contributed by atoms with van der Waals surface area (Å²) >= 11 is 0. The second-order valence-corrected chi connectivity index (χ2v) is 13.8. The fourth-order valence-electron chi connectivity index (χ4n) is 6.56. The minimum absolute atomic E-state index is 0. The third-order valence-corrected chi connectivity index (χ3v) is 8.98. The zero-order valence-corrected chi connectivity index (χ0v) is 33.0. The Kier molecular flexibility index (Phi) is 8.63. The molecule has 8 aromatic rings. The summed E-state index contributed by atoms with van der Waals surface area (Å²) in [5.74, 6) is 0.961. The first-order valence-corrected chi connectivity index (χ1v) is 17.6. The van der Waals surface area contributed by atoms with E-state index in [1.165, 1.54) is 23.4 Å². The summed E-state index contributed by atoms with van der Waals surface area (Å²) in [6.45, 7) is 7.59. The van der Waals surface area contributed by atoms with Crippen molar-refractivity contribution in [2.24, 2.45) is 5.92 Å². The fourth-order valence-corrected chi connectivity index (χ4v) is 6.56. The molecule has 271 valence electrons. The molecule has 53 heavy (non-hydrogen) atoms. The summed E-state index contributed by atoms with van der Waals surface area (Å²) in [5.41, 5.74) is 8.44. The zero-order chi connectivity index (χ0) is 43.3. The topological polar surface area (TPSA) is 56.7 Å². The van der Waals surface area contributed by atoms with Gasteiger partial charge >= 0.3 is 0 Å². The number of nitrogens with zero attached hydrogens (tertiary/aromatic N) is 4. The third kappa shape index (κ3) is 7.62. The molecule has 0 atom stereocenters. The van der Waals surface area contributed by atoms with Crippen LogP contribution in [0, 0.1) is 31.8 Å². The van der Waals surface area contributed by atoms with Crippen LogP contribution in [-0.2, 0) is 26.5 Å². The molecular formula is C47H46IrN4O-2. The normalized spacial score (nSPS) is 14.4. The average molecular weight is 883 g/mol. The number of hydrogen-bond donors (Lipinski definition) is 0. The van der Waals surface area contributed by atoms with Gasteiger partial charge in [0, 0.05) is 54.0 Å². The van der Waals surface area contributed by atoms with Crippen molar-refractivity contribution < 1.29 is 35.5 Å². The first-order valence-electron chi connectivity index (χ1n) is 21.6. The molecule has 0 amide bonds. The van der Waals surface area contributed by atoms with Crippen LogP contribution >= 0.6 is 0 Å². The van der Waals surface area contributed by atoms with Crippen LogP contribution < -0.4 is 0 Å². The van der Waals surface area contributed by atoms with Crippen molar-refractivity contribution in [3.8, 4) is 28.3 Å². The molecule has 0 aliphatic rings. The van der Waals surface area contributed by atoms with Crippen molar-refractivity contribution in [3.05, 3.63) is 143 Å². The monoisotopic (exact) mass is 883 g/mol. The molecule has 5 nitrogen and oxygen atoms in total. The van der Waals surface area contributed by atoms with Crippen molar-refractivity contribution in [1.82, 2.24) is 19.5 Å². The van der Waals surface area contributed by atoms with Gasteiger partial charge in [0.15, 0.2) is 0 Å². The second-order valence-electron chi connectivity index (χ2n) is 13.8. The molecule has 1 radical (unpaired) electrons. The number of aryl methyl sites for hydroxylation is 2. The van der Waals surface area contributed by atoms with Crippen molar-refractivity contribution in [3.63, 3.8) is 0 Å². The van der Waals surface area contributed by atoms with Crippen LogP contribution in [0.2, 0.25) is 0 Å². The van der Waals surface area contributed by atoms with Gasteiger partial charge in [0.05, 0.1) is 22.4 Å². The number of rotatable bonds is 7. The molecule has 0 N–H and O–H groups in total. The van der Waals surface area contributed by atoms with Gasteiger partial charge in [-0.15, -0.1) is 54.1 Å². The van der Waals surface area contributed by atoms with Gasteiger partial charge in [0.25, 0.3) is 0 Å². The van der Waals surface area contributed by atoms with Crippen LogP contribution in [0.5, 0.6) is 0 Å². The van der Waals surface area contributed by atoms with E-state index in [1.807, 2.05) is 48.5 Å². The summed E-state index contributed by atoms with van der Waals surface area (Å²) in [5, 5.41) is 1.61. The van der Waals surface area contributed by atoms with E-state index in [9.17, 15) is 0 Å². The van der Waals surface area contributed by atoms with Crippen molar-refractivity contribution in [2.45, 2.75) is 73.5 Å². The zero-order valence-electron chi connectivity index (χ0n) is 38.6. The Morgan fingerprint density at radius 1 is 0.792 bits per heavy atom. The van der Waals surface area contributed by atoms with Crippen LogP contribution in [0.15, 0.2) is 108 Å². The number of furan rings is 1. The SMILES string of the molecule is [2H]C([2H])([2H])c1ccc2c(n1)oc1c(-c3nc4ccccc4n3-c3c(C(C)C)cccc3C(C)C)[c-]ccc12.[2H]C([2H])([2H])c1cnc(-c2[c-]cccc2)cc1C([2H])([2H])C(C)C.[Ir]. The quantitative estimate of drug-likeness (QED) is 0.150. The predicted octanol–water partition coefficient (Wildman–Crippen LogP) is 12.4. The summed E-state index contributed by atoms with van der Waals surface area (Å²) in [6.07, 6.45) is -0.491. The van der Waals surface area contributed by atoms with E-state index < -0.39 is 20.1 Å². The smallest absolute Gasteiger partial charge is 0.216 e. The van der Waals surface area contributed by atoms with E-state index in [1.54, 1.807) is 32.0 Å².